The van der Waals surface area contributed by atoms with Gasteiger partial charge >= 0.3 is 0 Å². The van der Waals surface area contributed by atoms with Gasteiger partial charge in [-0.15, -0.1) is 0 Å². The van der Waals surface area contributed by atoms with Gasteiger partial charge in [-0.05, 0) is 30.3 Å². The van der Waals surface area contributed by atoms with Crippen molar-refractivity contribution in [3.05, 3.63) is 47.8 Å². The van der Waals surface area contributed by atoms with Gasteiger partial charge in [-0.25, -0.2) is 4.68 Å². The minimum absolute atomic E-state index is 0.0415. The van der Waals surface area contributed by atoms with Crippen LogP contribution in [0.5, 0.6) is 0 Å². The summed E-state index contributed by atoms with van der Waals surface area (Å²) in [5, 5.41) is 4.34. The quantitative estimate of drug-likeness (QED) is 0.741. The molecular formula is C14H16N2O. The number of hydrogen-bond donors (Lipinski definition) is 0. The molecule has 0 N–H and O–H groups in total. The van der Waals surface area contributed by atoms with Gasteiger partial charge in [-0.3, -0.25) is 4.79 Å². The predicted molar refractivity (Wildman–Crippen MR) is 67.7 cm³/mol. The molecule has 2 aromatic rings. The molecule has 0 radical (unpaired) electrons. The average Bonchev–Trinajstić information content (AvgIpc) is 2.78. The second-order valence-electron chi connectivity index (χ2n) is 5.09. The number of carbonyl (C=O) groups excluding carboxylic acids is 1. The molecule has 0 unspecified atom stereocenters. The Hall–Kier alpha value is -1.90. The molecule has 0 spiro atoms. The number of rotatable bonds is 2. The number of aromatic nitrogens is 2. The normalized spacial score (nSPS) is 11.5. The third-order valence-corrected chi connectivity index (χ3v) is 2.68. The zero-order valence-electron chi connectivity index (χ0n) is 10.3. The van der Waals surface area contributed by atoms with Crippen LogP contribution in [0, 0.1) is 0 Å². The molecule has 88 valence electrons. The summed E-state index contributed by atoms with van der Waals surface area (Å²) in [6, 6.07) is 9.44. The summed E-state index contributed by atoms with van der Waals surface area (Å²) in [5.74, 6) is 0. The van der Waals surface area contributed by atoms with E-state index in [4.69, 9.17) is 0 Å². The van der Waals surface area contributed by atoms with Crippen LogP contribution in [0.3, 0.4) is 0 Å². The zero-order valence-corrected chi connectivity index (χ0v) is 10.3. The molecule has 17 heavy (non-hydrogen) atoms. The van der Waals surface area contributed by atoms with Crippen LogP contribution in [0.1, 0.15) is 36.8 Å². The van der Waals surface area contributed by atoms with Gasteiger partial charge < -0.3 is 0 Å². The highest BCUT2D eigenvalue weighted by Gasteiger charge is 2.19. The van der Waals surface area contributed by atoms with E-state index in [1.165, 1.54) is 0 Å². The van der Waals surface area contributed by atoms with E-state index in [9.17, 15) is 4.79 Å². The predicted octanol–water partition coefficient (Wildman–Crippen LogP) is 2.98. The van der Waals surface area contributed by atoms with Crippen LogP contribution >= 0.6 is 0 Å². The first kappa shape index (κ1) is 11.6. The van der Waals surface area contributed by atoms with Crippen molar-refractivity contribution >= 4 is 6.29 Å². The van der Waals surface area contributed by atoms with Gasteiger partial charge in [-0.2, -0.15) is 5.10 Å². The zero-order chi connectivity index (χ0) is 12.5. The fraction of sp³-hybridized carbons (Fsp3) is 0.286. The molecule has 0 fully saturated rings. The molecule has 2 rings (SSSR count). The van der Waals surface area contributed by atoms with Crippen molar-refractivity contribution in [2.75, 3.05) is 0 Å². The second kappa shape index (κ2) is 4.17. The fourth-order valence-electron chi connectivity index (χ4n) is 1.77. The lowest BCUT2D eigenvalue weighted by Crippen LogP contribution is -2.17. The number of carbonyl (C=O) groups is 1. The average molecular weight is 228 g/mol. The molecular weight excluding hydrogens is 212 g/mol. The lowest BCUT2D eigenvalue weighted by molar-refractivity contribution is 0.112. The fourth-order valence-corrected chi connectivity index (χ4v) is 1.77. The highest BCUT2D eigenvalue weighted by atomic mass is 16.1. The Balaban J connectivity index is 2.46. The minimum Gasteiger partial charge on any atom is -0.298 e. The van der Waals surface area contributed by atoms with Crippen molar-refractivity contribution < 1.29 is 4.79 Å². The van der Waals surface area contributed by atoms with Crippen LogP contribution in [-0.2, 0) is 5.41 Å². The van der Waals surface area contributed by atoms with Crippen LogP contribution in [0.4, 0.5) is 0 Å². The Labute approximate surface area is 101 Å². The molecule has 0 bridgehead atoms. The standard InChI is InChI=1S/C14H16N2O/c1-14(2,3)13-8-9-15-16(13)12-6-4-11(10-17)5-7-12/h4-10H,1-3H3. The summed E-state index contributed by atoms with van der Waals surface area (Å²) in [7, 11) is 0. The molecule has 3 nitrogen and oxygen atoms in total. The lowest BCUT2D eigenvalue weighted by atomic mass is 9.92. The maximum Gasteiger partial charge on any atom is 0.150 e. The third kappa shape index (κ3) is 2.28. The Morgan fingerprint density at radius 2 is 1.76 bits per heavy atom. The van der Waals surface area contributed by atoms with Crippen LogP contribution in [0.15, 0.2) is 36.5 Å². The Morgan fingerprint density at radius 1 is 1.12 bits per heavy atom. The van der Waals surface area contributed by atoms with Gasteiger partial charge in [0.25, 0.3) is 0 Å². The van der Waals surface area contributed by atoms with E-state index in [1.807, 2.05) is 22.9 Å². The van der Waals surface area contributed by atoms with E-state index in [0.717, 1.165) is 17.7 Å². The minimum atomic E-state index is 0.0415. The summed E-state index contributed by atoms with van der Waals surface area (Å²) in [6.45, 7) is 6.46. The Kier molecular flexibility index (Phi) is 2.84. The summed E-state index contributed by atoms with van der Waals surface area (Å²) in [6.07, 6.45) is 2.64. The third-order valence-electron chi connectivity index (χ3n) is 2.68. The van der Waals surface area contributed by atoms with Crippen LogP contribution in [0.25, 0.3) is 5.69 Å². The summed E-state index contributed by atoms with van der Waals surface area (Å²) >= 11 is 0. The van der Waals surface area contributed by atoms with Crippen molar-refractivity contribution in [1.29, 1.82) is 0 Å². The van der Waals surface area contributed by atoms with E-state index in [1.54, 1.807) is 18.3 Å². The highest BCUT2D eigenvalue weighted by Crippen LogP contribution is 2.24. The van der Waals surface area contributed by atoms with Crippen molar-refractivity contribution in [2.24, 2.45) is 0 Å². The molecule has 0 saturated carbocycles. The number of aldehydes is 1. The van der Waals surface area contributed by atoms with E-state index < -0.39 is 0 Å². The monoisotopic (exact) mass is 228 g/mol. The van der Waals surface area contributed by atoms with Crippen LogP contribution in [0.2, 0.25) is 0 Å². The maximum absolute atomic E-state index is 10.6. The topological polar surface area (TPSA) is 34.9 Å². The molecule has 0 atom stereocenters. The molecule has 1 heterocycles. The first-order chi connectivity index (χ1) is 8.02. The largest absolute Gasteiger partial charge is 0.298 e. The number of nitrogens with zero attached hydrogens (tertiary/aromatic N) is 2. The number of hydrogen-bond acceptors (Lipinski definition) is 2. The summed E-state index contributed by atoms with van der Waals surface area (Å²) in [4.78, 5) is 10.6. The van der Waals surface area contributed by atoms with Crippen LogP contribution in [-0.4, -0.2) is 16.1 Å². The van der Waals surface area contributed by atoms with Crippen molar-refractivity contribution in [1.82, 2.24) is 9.78 Å². The van der Waals surface area contributed by atoms with Gasteiger partial charge in [0.15, 0.2) is 0 Å². The Bertz CT molecular complexity index is 518. The van der Waals surface area contributed by atoms with Gasteiger partial charge in [0, 0.05) is 22.9 Å². The highest BCUT2D eigenvalue weighted by molar-refractivity contribution is 5.75. The van der Waals surface area contributed by atoms with Crippen LogP contribution < -0.4 is 0 Å². The molecule has 0 saturated heterocycles. The Morgan fingerprint density at radius 3 is 2.29 bits per heavy atom. The summed E-state index contributed by atoms with van der Waals surface area (Å²) < 4.78 is 1.91. The van der Waals surface area contributed by atoms with Gasteiger partial charge in [-0.1, -0.05) is 20.8 Å². The first-order valence-electron chi connectivity index (χ1n) is 5.62. The molecule has 3 heteroatoms. The van der Waals surface area contributed by atoms with Gasteiger partial charge in [0.1, 0.15) is 6.29 Å². The van der Waals surface area contributed by atoms with E-state index >= 15 is 0 Å². The molecule has 0 aliphatic carbocycles. The van der Waals surface area contributed by atoms with Crippen molar-refractivity contribution in [2.45, 2.75) is 26.2 Å². The summed E-state index contributed by atoms with van der Waals surface area (Å²) in [5.41, 5.74) is 2.85. The molecule has 0 amide bonds. The molecule has 0 aliphatic heterocycles. The molecule has 0 aliphatic rings. The van der Waals surface area contributed by atoms with Gasteiger partial charge in [0.05, 0.1) is 5.69 Å². The smallest absolute Gasteiger partial charge is 0.150 e. The molecule has 1 aromatic carbocycles. The maximum atomic E-state index is 10.6. The van der Waals surface area contributed by atoms with E-state index in [2.05, 4.69) is 25.9 Å². The van der Waals surface area contributed by atoms with E-state index in [0.29, 0.717) is 5.56 Å². The second-order valence-corrected chi connectivity index (χ2v) is 5.09. The van der Waals surface area contributed by atoms with Gasteiger partial charge in [0.2, 0.25) is 0 Å². The number of benzene rings is 1. The first-order valence-corrected chi connectivity index (χ1v) is 5.62. The lowest BCUT2D eigenvalue weighted by Gasteiger charge is -2.20. The van der Waals surface area contributed by atoms with Crippen molar-refractivity contribution in [3.63, 3.8) is 0 Å². The van der Waals surface area contributed by atoms with E-state index in [-0.39, 0.29) is 5.41 Å². The SMILES string of the molecule is CC(C)(C)c1ccnn1-c1ccc(C=O)cc1. The van der Waals surface area contributed by atoms with Crippen molar-refractivity contribution in [3.8, 4) is 5.69 Å². The molecule has 1 aromatic heterocycles.